The Labute approximate surface area is 117 Å². The summed E-state index contributed by atoms with van der Waals surface area (Å²) in [5.41, 5.74) is 2.85. The van der Waals surface area contributed by atoms with Gasteiger partial charge in [0.1, 0.15) is 6.10 Å². The first-order valence-corrected chi connectivity index (χ1v) is 5.84. The van der Waals surface area contributed by atoms with E-state index in [-0.39, 0.29) is 0 Å². The molecule has 0 bridgehead atoms. The molecule has 1 aromatic carbocycles. The van der Waals surface area contributed by atoms with E-state index in [0.717, 1.165) is 0 Å². The third kappa shape index (κ3) is 3.86. The van der Waals surface area contributed by atoms with E-state index < -0.39 is 12.0 Å². The van der Waals surface area contributed by atoms with Gasteiger partial charge in [0, 0.05) is 5.56 Å². The second kappa shape index (κ2) is 7.34. The van der Waals surface area contributed by atoms with Gasteiger partial charge in [-0.25, -0.2) is 5.43 Å². The van der Waals surface area contributed by atoms with Crippen LogP contribution in [0.1, 0.15) is 12.5 Å². The summed E-state index contributed by atoms with van der Waals surface area (Å²) in [5.74, 6) is 0.846. The summed E-state index contributed by atoms with van der Waals surface area (Å²) in [5, 5.41) is 12.7. The molecule has 1 unspecified atom stereocenters. The molecule has 20 heavy (non-hydrogen) atoms. The van der Waals surface area contributed by atoms with E-state index in [1.54, 1.807) is 12.1 Å². The summed E-state index contributed by atoms with van der Waals surface area (Å²) in [6.45, 7) is 1.35. The SMILES string of the molecule is COc1cc(/C=N/NC(=O)C(C)O)cc(OC)c1OC. The van der Waals surface area contributed by atoms with Crippen molar-refractivity contribution in [3.05, 3.63) is 17.7 Å². The molecule has 0 saturated carbocycles. The lowest BCUT2D eigenvalue weighted by atomic mass is 10.2. The quantitative estimate of drug-likeness (QED) is 0.587. The number of aliphatic hydroxyl groups excluding tert-OH is 1. The van der Waals surface area contributed by atoms with Crippen LogP contribution in [-0.4, -0.2) is 44.7 Å². The van der Waals surface area contributed by atoms with Gasteiger partial charge in [0.05, 0.1) is 27.5 Å². The molecule has 1 atom stereocenters. The third-order valence-corrected chi connectivity index (χ3v) is 2.45. The van der Waals surface area contributed by atoms with Crippen LogP contribution in [0.5, 0.6) is 17.2 Å². The van der Waals surface area contributed by atoms with Crippen LogP contribution >= 0.6 is 0 Å². The van der Waals surface area contributed by atoms with Gasteiger partial charge in [0.2, 0.25) is 5.75 Å². The van der Waals surface area contributed by atoms with Crippen molar-refractivity contribution >= 4 is 12.1 Å². The fourth-order valence-electron chi connectivity index (χ4n) is 1.44. The zero-order valence-corrected chi connectivity index (χ0v) is 11.8. The molecule has 0 radical (unpaired) electrons. The standard InChI is InChI=1S/C13H18N2O5/c1-8(16)13(17)15-14-7-9-5-10(18-2)12(20-4)11(6-9)19-3/h5-8,16H,1-4H3,(H,15,17)/b14-7+. The third-order valence-electron chi connectivity index (χ3n) is 2.45. The number of hydrogen-bond donors (Lipinski definition) is 2. The summed E-state index contributed by atoms with van der Waals surface area (Å²) < 4.78 is 15.6. The second-order valence-corrected chi connectivity index (χ2v) is 3.87. The first-order valence-electron chi connectivity index (χ1n) is 5.84. The van der Waals surface area contributed by atoms with E-state index >= 15 is 0 Å². The number of amides is 1. The highest BCUT2D eigenvalue weighted by Gasteiger charge is 2.12. The number of aliphatic hydroxyl groups is 1. The fraction of sp³-hybridized carbons (Fsp3) is 0.385. The van der Waals surface area contributed by atoms with Gasteiger partial charge >= 0.3 is 0 Å². The highest BCUT2D eigenvalue weighted by molar-refractivity contribution is 5.85. The number of carbonyl (C=O) groups excluding carboxylic acids is 1. The Morgan fingerprint density at radius 1 is 1.25 bits per heavy atom. The van der Waals surface area contributed by atoms with Crippen LogP contribution in [0.4, 0.5) is 0 Å². The number of ether oxygens (including phenoxy) is 3. The summed E-state index contributed by atoms with van der Waals surface area (Å²) in [6, 6.07) is 3.36. The number of methoxy groups -OCH3 is 3. The van der Waals surface area contributed by atoms with E-state index in [2.05, 4.69) is 10.5 Å². The first kappa shape index (κ1) is 15.8. The van der Waals surface area contributed by atoms with Crippen LogP contribution < -0.4 is 19.6 Å². The van der Waals surface area contributed by atoms with Crippen molar-refractivity contribution in [3.8, 4) is 17.2 Å². The minimum atomic E-state index is -1.12. The summed E-state index contributed by atoms with van der Waals surface area (Å²) in [6.07, 6.45) is 0.289. The maximum absolute atomic E-state index is 11.1. The number of nitrogens with zero attached hydrogens (tertiary/aromatic N) is 1. The van der Waals surface area contributed by atoms with Crippen LogP contribution in [0.15, 0.2) is 17.2 Å². The van der Waals surface area contributed by atoms with E-state index in [9.17, 15) is 4.79 Å². The fourth-order valence-corrected chi connectivity index (χ4v) is 1.44. The van der Waals surface area contributed by atoms with Crippen molar-refractivity contribution in [1.29, 1.82) is 0 Å². The van der Waals surface area contributed by atoms with E-state index in [1.807, 2.05) is 0 Å². The van der Waals surface area contributed by atoms with Crippen LogP contribution in [0, 0.1) is 0 Å². The molecule has 7 heteroatoms. The van der Waals surface area contributed by atoms with Gasteiger partial charge in [-0.3, -0.25) is 4.79 Å². The zero-order valence-electron chi connectivity index (χ0n) is 11.8. The predicted molar refractivity (Wildman–Crippen MR) is 73.5 cm³/mol. The highest BCUT2D eigenvalue weighted by atomic mass is 16.5. The second-order valence-electron chi connectivity index (χ2n) is 3.87. The summed E-state index contributed by atoms with van der Waals surface area (Å²) >= 11 is 0. The average Bonchev–Trinajstić information content (AvgIpc) is 2.45. The van der Waals surface area contributed by atoms with Gasteiger partial charge < -0.3 is 19.3 Å². The van der Waals surface area contributed by atoms with Crippen LogP contribution in [0.2, 0.25) is 0 Å². The molecule has 0 saturated heterocycles. The van der Waals surface area contributed by atoms with Crippen molar-refractivity contribution in [2.24, 2.45) is 5.10 Å². The lowest BCUT2D eigenvalue weighted by Crippen LogP contribution is -2.28. The predicted octanol–water partition coefficient (Wildman–Crippen LogP) is 0.543. The molecular formula is C13H18N2O5. The van der Waals surface area contributed by atoms with Gasteiger partial charge in [-0.05, 0) is 19.1 Å². The Kier molecular flexibility index (Phi) is 5.79. The number of hydrogen-bond acceptors (Lipinski definition) is 6. The number of carbonyl (C=O) groups is 1. The van der Waals surface area contributed by atoms with Crippen molar-refractivity contribution in [3.63, 3.8) is 0 Å². The number of nitrogens with one attached hydrogen (secondary N) is 1. The Morgan fingerprint density at radius 3 is 2.20 bits per heavy atom. The lowest BCUT2D eigenvalue weighted by molar-refractivity contribution is -0.128. The molecule has 110 valence electrons. The molecule has 0 fully saturated rings. The summed E-state index contributed by atoms with van der Waals surface area (Å²) in [4.78, 5) is 11.1. The Balaban J connectivity index is 2.96. The van der Waals surface area contributed by atoms with Gasteiger partial charge in [-0.1, -0.05) is 0 Å². The molecule has 0 aliphatic heterocycles. The normalized spacial score (nSPS) is 12.1. The van der Waals surface area contributed by atoms with Crippen LogP contribution in [0.3, 0.4) is 0 Å². The maximum Gasteiger partial charge on any atom is 0.268 e. The smallest absolute Gasteiger partial charge is 0.268 e. The molecule has 0 aliphatic rings. The van der Waals surface area contributed by atoms with Gasteiger partial charge in [0.25, 0.3) is 5.91 Å². The number of rotatable bonds is 6. The van der Waals surface area contributed by atoms with E-state index in [0.29, 0.717) is 22.8 Å². The molecule has 0 spiro atoms. The monoisotopic (exact) mass is 282 g/mol. The van der Waals surface area contributed by atoms with Crippen LogP contribution in [0.25, 0.3) is 0 Å². The van der Waals surface area contributed by atoms with Gasteiger partial charge in [-0.15, -0.1) is 0 Å². The summed E-state index contributed by atoms with van der Waals surface area (Å²) in [7, 11) is 4.53. The molecule has 0 aromatic heterocycles. The molecule has 1 aromatic rings. The van der Waals surface area contributed by atoms with Crippen molar-refractivity contribution in [2.75, 3.05) is 21.3 Å². The molecular weight excluding hydrogens is 264 g/mol. The largest absolute Gasteiger partial charge is 0.493 e. The minimum absolute atomic E-state index is 0.472. The Morgan fingerprint density at radius 2 is 1.80 bits per heavy atom. The van der Waals surface area contributed by atoms with Gasteiger partial charge in [0.15, 0.2) is 11.5 Å². The average molecular weight is 282 g/mol. The zero-order chi connectivity index (χ0) is 15.1. The van der Waals surface area contributed by atoms with Crippen molar-refractivity contribution < 1.29 is 24.1 Å². The van der Waals surface area contributed by atoms with Gasteiger partial charge in [-0.2, -0.15) is 5.10 Å². The first-order chi connectivity index (χ1) is 9.53. The topological polar surface area (TPSA) is 89.4 Å². The highest BCUT2D eigenvalue weighted by Crippen LogP contribution is 2.37. The number of hydrazone groups is 1. The lowest BCUT2D eigenvalue weighted by Gasteiger charge is -2.12. The molecule has 2 N–H and O–H groups in total. The molecule has 7 nitrogen and oxygen atoms in total. The van der Waals surface area contributed by atoms with E-state index in [4.69, 9.17) is 19.3 Å². The number of benzene rings is 1. The minimum Gasteiger partial charge on any atom is -0.493 e. The molecule has 1 rings (SSSR count). The van der Waals surface area contributed by atoms with Crippen LogP contribution in [-0.2, 0) is 4.79 Å². The maximum atomic E-state index is 11.1. The van der Waals surface area contributed by atoms with Crippen molar-refractivity contribution in [1.82, 2.24) is 5.43 Å². The van der Waals surface area contributed by atoms with Crippen molar-refractivity contribution in [2.45, 2.75) is 13.0 Å². The molecule has 0 aliphatic carbocycles. The van der Waals surface area contributed by atoms with E-state index in [1.165, 1.54) is 34.5 Å². The molecule has 1 amide bonds. The Bertz CT molecular complexity index is 475. The Hall–Kier alpha value is -2.28. The molecule has 0 heterocycles.